The first-order valence-electron chi connectivity index (χ1n) is 7.60. The monoisotopic (exact) mass is 371 g/mol. The predicted molar refractivity (Wildman–Crippen MR) is 96.2 cm³/mol. The summed E-state index contributed by atoms with van der Waals surface area (Å²) < 4.78 is 0.992. The van der Waals surface area contributed by atoms with E-state index < -0.39 is 0 Å². The second-order valence-electron chi connectivity index (χ2n) is 5.37. The number of hydrogen-bond acceptors (Lipinski definition) is 3. The molecule has 0 aliphatic carbocycles. The van der Waals surface area contributed by atoms with Crippen molar-refractivity contribution in [2.75, 3.05) is 31.1 Å². The Labute approximate surface area is 144 Å². The van der Waals surface area contributed by atoms with Crippen molar-refractivity contribution in [1.82, 2.24) is 9.88 Å². The summed E-state index contributed by atoms with van der Waals surface area (Å²) in [6, 6.07) is 11.9. The normalized spacial score (nSPS) is 15.2. The van der Waals surface area contributed by atoms with Gasteiger partial charge in [-0.3, -0.25) is 9.78 Å². The molecule has 2 heterocycles. The molecule has 1 fully saturated rings. The molecule has 1 saturated heterocycles. The summed E-state index contributed by atoms with van der Waals surface area (Å²) in [6.45, 7) is 3.17. The SMILES string of the molecule is O=C(/C=C/c1ccccc1Br)N1CCN(c2ccncc2)CC1. The van der Waals surface area contributed by atoms with Crippen LogP contribution in [0.25, 0.3) is 6.08 Å². The first kappa shape index (κ1) is 15.7. The van der Waals surface area contributed by atoms with E-state index in [9.17, 15) is 4.79 Å². The third-order valence-corrected chi connectivity index (χ3v) is 4.65. The Balaban J connectivity index is 1.57. The number of anilines is 1. The second-order valence-corrected chi connectivity index (χ2v) is 6.23. The van der Waals surface area contributed by atoms with Crippen molar-refractivity contribution >= 4 is 33.6 Å². The lowest BCUT2D eigenvalue weighted by molar-refractivity contribution is -0.126. The third kappa shape index (κ3) is 3.99. The van der Waals surface area contributed by atoms with Gasteiger partial charge in [-0.05, 0) is 29.8 Å². The molecule has 1 aliphatic heterocycles. The average Bonchev–Trinajstić information content (AvgIpc) is 2.62. The zero-order valence-corrected chi connectivity index (χ0v) is 14.3. The highest BCUT2D eigenvalue weighted by molar-refractivity contribution is 9.10. The molecule has 2 aromatic rings. The molecule has 5 heteroatoms. The van der Waals surface area contributed by atoms with Crippen molar-refractivity contribution in [3.8, 4) is 0 Å². The number of carbonyl (C=O) groups is 1. The van der Waals surface area contributed by atoms with Crippen molar-refractivity contribution in [1.29, 1.82) is 0 Å². The van der Waals surface area contributed by atoms with Gasteiger partial charge in [-0.1, -0.05) is 34.1 Å². The second kappa shape index (κ2) is 7.42. The molecule has 3 rings (SSSR count). The van der Waals surface area contributed by atoms with Crippen molar-refractivity contribution < 1.29 is 4.79 Å². The van der Waals surface area contributed by atoms with Crippen LogP contribution in [0.1, 0.15) is 5.56 Å². The molecule has 0 radical (unpaired) electrons. The maximum absolute atomic E-state index is 12.3. The molecule has 1 aromatic heterocycles. The quantitative estimate of drug-likeness (QED) is 0.777. The molecule has 1 aliphatic rings. The average molecular weight is 372 g/mol. The van der Waals surface area contributed by atoms with Crippen LogP contribution in [0.3, 0.4) is 0 Å². The van der Waals surface area contributed by atoms with Crippen LogP contribution >= 0.6 is 15.9 Å². The first-order valence-corrected chi connectivity index (χ1v) is 8.40. The van der Waals surface area contributed by atoms with Gasteiger partial charge in [0.2, 0.25) is 5.91 Å². The maximum atomic E-state index is 12.3. The number of aromatic nitrogens is 1. The summed E-state index contributed by atoms with van der Waals surface area (Å²) in [4.78, 5) is 20.5. The number of benzene rings is 1. The third-order valence-electron chi connectivity index (χ3n) is 3.93. The Kier molecular flexibility index (Phi) is 5.08. The van der Waals surface area contributed by atoms with E-state index in [-0.39, 0.29) is 5.91 Å². The molecule has 23 heavy (non-hydrogen) atoms. The predicted octanol–water partition coefficient (Wildman–Crippen LogP) is 3.21. The van der Waals surface area contributed by atoms with Crippen LogP contribution in [-0.4, -0.2) is 42.0 Å². The summed E-state index contributed by atoms with van der Waals surface area (Å²) >= 11 is 3.49. The van der Waals surface area contributed by atoms with Gasteiger partial charge in [0.05, 0.1) is 0 Å². The lowest BCUT2D eigenvalue weighted by atomic mass is 10.2. The van der Waals surface area contributed by atoms with Gasteiger partial charge in [0.15, 0.2) is 0 Å². The fourth-order valence-corrected chi connectivity index (χ4v) is 3.03. The van der Waals surface area contributed by atoms with Gasteiger partial charge in [-0.2, -0.15) is 0 Å². The lowest BCUT2D eigenvalue weighted by Gasteiger charge is -2.35. The van der Waals surface area contributed by atoms with Gasteiger partial charge in [-0.25, -0.2) is 0 Å². The Hall–Kier alpha value is -2.14. The number of halogens is 1. The molecular weight excluding hydrogens is 354 g/mol. The van der Waals surface area contributed by atoms with Crippen LogP contribution < -0.4 is 4.90 Å². The van der Waals surface area contributed by atoms with Gasteiger partial charge in [0.1, 0.15) is 0 Å². The Morgan fingerprint density at radius 3 is 2.43 bits per heavy atom. The van der Waals surface area contributed by atoms with E-state index in [2.05, 4.69) is 25.8 Å². The summed E-state index contributed by atoms with van der Waals surface area (Å²) in [7, 11) is 0. The smallest absolute Gasteiger partial charge is 0.246 e. The van der Waals surface area contributed by atoms with Gasteiger partial charge in [0, 0.05) is 54.8 Å². The molecular formula is C18H18BrN3O. The molecule has 0 unspecified atom stereocenters. The molecule has 0 N–H and O–H groups in total. The van der Waals surface area contributed by atoms with Gasteiger partial charge in [0.25, 0.3) is 0 Å². The fourth-order valence-electron chi connectivity index (χ4n) is 2.62. The van der Waals surface area contributed by atoms with Crippen molar-refractivity contribution in [2.45, 2.75) is 0 Å². The zero-order chi connectivity index (χ0) is 16.1. The van der Waals surface area contributed by atoms with E-state index in [1.807, 2.05) is 47.4 Å². The summed E-state index contributed by atoms with van der Waals surface area (Å²) in [5.41, 5.74) is 2.17. The maximum Gasteiger partial charge on any atom is 0.246 e. The number of pyridine rings is 1. The molecule has 0 bridgehead atoms. The van der Waals surface area contributed by atoms with Gasteiger partial charge in [-0.15, -0.1) is 0 Å². The van der Waals surface area contributed by atoms with E-state index in [1.54, 1.807) is 18.5 Å². The number of hydrogen-bond donors (Lipinski definition) is 0. The topological polar surface area (TPSA) is 36.4 Å². The fraction of sp³-hybridized carbons (Fsp3) is 0.222. The van der Waals surface area contributed by atoms with Crippen LogP contribution in [-0.2, 0) is 4.79 Å². The van der Waals surface area contributed by atoms with Crippen molar-refractivity contribution in [3.05, 3.63) is 64.9 Å². The van der Waals surface area contributed by atoms with E-state index in [0.29, 0.717) is 0 Å². The van der Waals surface area contributed by atoms with Crippen molar-refractivity contribution in [3.63, 3.8) is 0 Å². The van der Waals surface area contributed by atoms with Crippen LogP contribution in [0.2, 0.25) is 0 Å². The number of amides is 1. The lowest BCUT2D eigenvalue weighted by Crippen LogP contribution is -2.48. The zero-order valence-electron chi connectivity index (χ0n) is 12.7. The minimum Gasteiger partial charge on any atom is -0.368 e. The van der Waals surface area contributed by atoms with Crippen molar-refractivity contribution in [2.24, 2.45) is 0 Å². The van der Waals surface area contributed by atoms with E-state index in [0.717, 1.165) is 41.9 Å². The van der Waals surface area contributed by atoms with Crippen LogP contribution in [0.5, 0.6) is 0 Å². The summed E-state index contributed by atoms with van der Waals surface area (Å²) in [6.07, 6.45) is 7.12. The van der Waals surface area contributed by atoms with Crippen LogP contribution in [0.15, 0.2) is 59.3 Å². The standard InChI is InChI=1S/C18H18BrN3O/c19-17-4-2-1-3-15(17)5-6-18(23)22-13-11-21(12-14-22)16-7-9-20-10-8-16/h1-10H,11-14H2/b6-5+. The van der Waals surface area contributed by atoms with Gasteiger partial charge >= 0.3 is 0 Å². The minimum absolute atomic E-state index is 0.0649. The van der Waals surface area contributed by atoms with E-state index >= 15 is 0 Å². The van der Waals surface area contributed by atoms with E-state index in [4.69, 9.17) is 0 Å². The molecule has 1 amide bonds. The molecule has 0 spiro atoms. The highest BCUT2D eigenvalue weighted by atomic mass is 79.9. The molecule has 118 valence electrons. The molecule has 0 atom stereocenters. The Morgan fingerprint density at radius 1 is 1.04 bits per heavy atom. The Bertz CT molecular complexity index is 694. The highest BCUT2D eigenvalue weighted by Crippen LogP contribution is 2.18. The van der Waals surface area contributed by atoms with E-state index in [1.165, 1.54) is 0 Å². The summed E-state index contributed by atoms with van der Waals surface area (Å²) in [5, 5.41) is 0. The minimum atomic E-state index is 0.0649. The number of nitrogens with zero attached hydrogens (tertiary/aromatic N) is 3. The Morgan fingerprint density at radius 2 is 1.74 bits per heavy atom. The summed E-state index contributed by atoms with van der Waals surface area (Å²) in [5.74, 6) is 0.0649. The van der Waals surface area contributed by atoms with Crippen LogP contribution in [0, 0.1) is 0 Å². The number of piperazine rings is 1. The number of rotatable bonds is 3. The molecule has 4 nitrogen and oxygen atoms in total. The highest BCUT2D eigenvalue weighted by Gasteiger charge is 2.19. The number of carbonyl (C=O) groups excluding carboxylic acids is 1. The molecule has 0 saturated carbocycles. The first-order chi connectivity index (χ1) is 11.2. The van der Waals surface area contributed by atoms with Crippen LogP contribution in [0.4, 0.5) is 5.69 Å². The molecule has 1 aromatic carbocycles. The van der Waals surface area contributed by atoms with Gasteiger partial charge < -0.3 is 9.80 Å². The largest absolute Gasteiger partial charge is 0.368 e.